The smallest absolute Gasteiger partial charge is 0.00471 e. The maximum absolute atomic E-state index is 3.74. The van der Waals surface area contributed by atoms with Gasteiger partial charge in [0.2, 0.25) is 0 Å². The fraction of sp³-hybridized carbons (Fsp3) is 0.667. The minimum atomic E-state index is 0.236. The summed E-state index contributed by atoms with van der Waals surface area (Å²) in [5, 5.41) is 3.74. The molecule has 0 aliphatic carbocycles. The fourth-order valence-electron chi connectivity index (χ4n) is 3.41. The molecule has 1 N–H and O–H groups in total. The van der Waals surface area contributed by atoms with Crippen molar-refractivity contribution >= 4 is 0 Å². The summed E-state index contributed by atoms with van der Waals surface area (Å²) in [6.07, 6.45) is 2.53. The molecule has 2 atom stereocenters. The second-order valence-electron chi connectivity index (χ2n) is 7.18. The first-order chi connectivity index (χ1) is 9.47. The van der Waals surface area contributed by atoms with Crippen molar-refractivity contribution in [2.24, 2.45) is 5.92 Å². The van der Waals surface area contributed by atoms with Crippen molar-refractivity contribution in [1.29, 1.82) is 0 Å². The zero-order chi connectivity index (χ0) is 14.6. The molecule has 1 aliphatic heterocycles. The monoisotopic (exact) mass is 274 g/mol. The third-order valence-electron chi connectivity index (χ3n) is 4.62. The number of hydrogen-bond donors (Lipinski definition) is 1. The lowest BCUT2D eigenvalue weighted by Gasteiger charge is -2.30. The van der Waals surface area contributed by atoms with E-state index in [9.17, 15) is 0 Å². The van der Waals surface area contributed by atoms with Gasteiger partial charge in [-0.05, 0) is 56.8 Å². The summed E-state index contributed by atoms with van der Waals surface area (Å²) in [5.74, 6) is 0.835. The molecule has 2 rings (SSSR count). The number of nitrogens with zero attached hydrogens (tertiary/aromatic N) is 1. The molecule has 0 radical (unpaired) electrons. The molecule has 0 amide bonds. The number of likely N-dealkylation sites (tertiary alicyclic amines) is 1. The molecule has 1 fully saturated rings. The van der Waals surface area contributed by atoms with E-state index >= 15 is 0 Å². The summed E-state index contributed by atoms with van der Waals surface area (Å²) in [4.78, 5) is 2.44. The molecule has 1 heterocycles. The van der Waals surface area contributed by atoms with E-state index in [4.69, 9.17) is 0 Å². The van der Waals surface area contributed by atoms with Gasteiger partial charge < -0.3 is 10.2 Å². The Labute approximate surface area is 124 Å². The first-order valence-electron chi connectivity index (χ1n) is 7.95. The van der Waals surface area contributed by atoms with Crippen LogP contribution in [0.3, 0.4) is 0 Å². The summed E-state index contributed by atoms with van der Waals surface area (Å²) in [6, 6.07) is 11.4. The summed E-state index contributed by atoms with van der Waals surface area (Å²) in [5.41, 5.74) is 1.68. The van der Waals surface area contributed by atoms with Gasteiger partial charge in [0.1, 0.15) is 0 Å². The quantitative estimate of drug-likeness (QED) is 0.856. The molecule has 2 unspecified atom stereocenters. The molecule has 2 nitrogen and oxygen atoms in total. The summed E-state index contributed by atoms with van der Waals surface area (Å²) in [7, 11) is 2.22. The van der Waals surface area contributed by atoms with Crippen LogP contribution in [0.1, 0.15) is 39.2 Å². The van der Waals surface area contributed by atoms with Gasteiger partial charge in [0.05, 0.1) is 0 Å². The van der Waals surface area contributed by atoms with Gasteiger partial charge in [0, 0.05) is 12.6 Å². The lowest BCUT2D eigenvalue weighted by atomic mass is 9.79. The molecule has 1 aliphatic rings. The summed E-state index contributed by atoms with van der Waals surface area (Å²) >= 11 is 0. The highest BCUT2D eigenvalue weighted by atomic mass is 15.1. The van der Waals surface area contributed by atoms with Gasteiger partial charge in [-0.3, -0.25) is 0 Å². The minimum Gasteiger partial charge on any atom is -0.314 e. The minimum absolute atomic E-state index is 0.236. The Bertz CT molecular complexity index is 399. The van der Waals surface area contributed by atoms with Gasteiger partial charge in [0.15, 0.2) is 0 Å². The van der Waals surface area contributed by atoms with Gasteiger partial charge in [-0.15, -0.1) is 0 Å². The molecule has 0 aromatic heterocycles. The molecular formula is C18H30N2. The molecular weight excluding hydrogens is 244 g/mol. The van der Waals surface area contributed by atoms with E-state index in [-0.39, 0.29) is 5.41 Å². The molecule has 0 bridgehead atoms. The normalized spacial score (nSPS) is 22.1. The summed E-state index contributed by atoms with van der Waals surface area (Å²) < 4.78 is 0. The molecule has 112 valence electrons. The van der Waals surface area contributed by atoms with Crippen molar-refractivity contribution in [3.63, 3.8) is 0 Å². The van der Waals surface area contributed by atoms with Crippen LogP contribution in [-0.4, -0.2) is 37.6 Å². The van der Waals surface area contributed by atoms with Gasteiger partial charge in [0.25, 0.3) is 0 Å². The van der Waals surface area contributed by atoms with E-state index in [1.807, 2.05) is 0 Å². The first-order valence-corrected chi connectivity index (χ1v) is 7.95. The van der Waals surface area contributed by atoms with Gasteiger partial charge in [-0.25, -0.2) is 0 Å². The predicted molar refractivity (Wildman–Crippen MR) is 87.2 cm³/mol. The third-order valence-corrected chi connectivity index (χ3v) is 4.62. The van der Waals surface area contributed by atoms with Crippen molar-refractivity contribution in [2.75, 3.05) is 26.7 Å². The zero-order valence-electron chi connectivity index (χ0n) is 13.5. The zero-order valence-corrected chi connectivity index (χ0v) is 13.5. The lowest BCUT2D eigenvalue weighted by molar-refractivity contribution is 0.352. The van der Waals surface area contributed by atoms with Crippen LogP contribution in [-0.2, 0) is 5.41 Å². The number of nitrogens with one attached hydrogen (secondary N) is 1. The third kappa shape index (κ3) is 4.32. The van der Waals surface area contributed by atoms with Crippen molar-refractivity contribution < 1.29 is 0 Å². The van der Waals surface area contributed by atoms with Crippen LogP contribution in [0.25, 0.3) is 0 Å². The Morgan fingerprint density at radius 1 is 1.30 bits per heavy atom. The van der Waals surface area contributed by atoms with E-state index in [0.29, 0.717) is 6.04 Å². The number of rotatable bonds is 6. The predicted octanol–water partition coefficient (Wildman–Crippen LogP) is 3.28. The Morgan fingerprint density at radius 2 is 2.00 bits per heavy atom. The average molecular weight is 274 g/mol. The van der Waals surface area contributed by atoms with Crippen LogP contribution in [0.4, 0.5) is 0 Å². The number of benzene rings is 1. The summed E-state index contributed by atoms with van der Waals surface area (Å²) in [6.45, 7) is 10.7. The molecule has 0 saturated carbocycles. The van der Waals surface area contributed by atoms with E-state index in [0.717, 1.165) is 12.5 Å². The van der Waals surface area contributed by atoms with Crippen LogP contribution in [0.5, 0.6) is 0 Å². The van der Waals surface area contributed by atoms with Crippen LogP contribution >= 0.6 is 0 Å². The van der Waals surface area contributed by atoms with Crippen molar-refractivity contribution in [2.45, 2.75) is 45.1 Å². The second-order valence-corrected chi connectivity index (χ2v) is 7.18. The molecule has 2 heteroatoms. The Morgan fingerprint density at radius 3 is 2.60 bits per heavy atom. The van der Waals surface area contributed by atoms with Gasteiger partial charge in [-0.2, -0.15) is 0 Å². The first kappa shape index (κ1) is 15.5. The largest absolute Gasteiger partial charge is 0.314 e. The fourth-order valence-corrected chi connectivity index (χ4v) is 3.41. The van der Waals surface area contributed by atoms with E-state index in [1.54, 1.807) is 0 Å². The van der Waals surface area contributed by atoms with E-state index in [1.165, 1.54) is 31.5 Å². The average Bonchev–Trinajstić information content (AvgIpc) is 2.83. The van der Waals surface area contributed by atoms with Gasteiger partial charge >= 0.3 is 0 Å². The molecule has 1 aromatic carbocycles. The van der Waals surface area contributed by atoms with Crippen molar-refractivity contribution in [1.82, 2.24) is 10.2 Å². The topological polar surface area (TPSA) is 15.3 Å². The second kappa shape index (κ2) is 6.73. The molecule has 1 aromatic rings. The van der Waals surface area contributed by atoms with E-state index < -0.39 is 0 Å². The maximum Gasteiger partial charge on any atom is 0.00471 e. The van der Waals surface area contributed by atoms with Crippen LogP contribution in [0, 0.1) is 5.92 Å². The highest BCUT2D eigenvalue weighted by Crippen LogP contribution is 2.28. The standard InChI is InChI=1S/C18H30N2/c1-15(19-13-16-10-11-20(4)14-16)12-18(2,3)17-8-6-5-7-9-17/h5-9,15-16,19H,10-14H2,1-4H3. The van der Waals surface area contributed by atoms with Gasteiger partial charge in [-0.1, -0.05) is 44.2 Å². The van der Waals surface area contributed by atoms with E-state index in [2.05, 4.69) is 68.4 Å². The van der Waals surface area contributed by atoms with Crippen molar-refractivity contribution in [3.8, 4) is 0 Å². The number of hydrogen-bond acceptors (Lipinski definition) is 2. The SMILES string of the molecule is CC(CC(C)(C)c1ccccc1)NCC1CCN(C)C1. The molecule has 20 heavy (non-hydrogen) atoms. The van der Waals surface area contributed by atoms with Crippen LogP contribution in [0.15, 0.2) is 30.3 Å². The highest BCUT2D eigenvalue weighted by Gasteiger charge is 2.24. The molecule has 0 spiro atoms. The highest BCUT2D eigenvalue weighted by molar-refractivity contribution is 5.23. The van der Waals surface area contributed by atoms with Crippen LogP contribution < -0.4 is 5.32 Å². The molecule has 1 saturated heterocycles. The van der Waals surface area contributed by atoms with Crippen LogP contribution in [0.2, 0.25) is 0 Å². The Hall–Kier alpha value is -0.860. The van der Waals surface area contributed by atoms with Crippen molar-refractivity contribution in [3.05, 3.63) is 35.9 Å². The Balaban J connectivity index is 1.80. The maximum atomic E-state index is 3.74. The lowest BCUT2D eigenvalue weighted by Crippen LogP contribution is -2.36. The Kier molecular flexibility index (Phi) is 5.22.